The maximum Gasteiger partial charge on any atom is 0.311 e. The van der Waals surface area contributed by atoms with E-state index >= 15 is 0 Å². The summed E-state index contributed by atoms with van der Waals surface area (Å²) in [6.07, 6.45) is -0.240. The van der Waals surface area contributed by atoms with Crippen LogP contribution in [0.4, 0.5) is 0 Å². The van der Waals surface area contributed by atoms with Gasteiger partial charge in [-0.3, -0.25) is 19.2 Å². The Labute approximate surface area is 395 Å². The molecule has 8 bridgehead atoms. The van der Waals surface area contributed by atoms with E-state index in [0.717, 1.165) is 0 Å². The third kappa shape index (κ3) is 13.1. The first-order valence-corrected chi connectivity index (χ1v) is 22.2. The van der Waals surface area contributed by atoms with Crippen molar-refractivity contribution in [3.63, 3.8) is 0 Å². The molecule has 4 aromatic rings. The predicted octanol–water partition coefficient (Wildman–Crippen LogP) is 7.70. The van der Waals surface area contributed by atoms with Crippen LogP contribution in [0.3, 0.4) is 0 Å². The molecule has 8 N–H and O–H groups in total. The van der Waals surface area contributed by atoms with Crippen LogP contribution < -0.4 is 0 Å². The molecule has 1 aliphatic carbocycles. The lowest BCUT2D eigenvalue weighted by atomic mass is 9.88. The molecular formula is C52H64O16. The fraction of sp³-hybridized carbons (Fsp3) is 0.462. The smallest absolute Gasteiger partial charge is 0.311 e. The lowest BCUT2D eigenvalue weighted by Gasteiger charge is -2.22. The van der Waals surface area contributed by atoms with Gasteiger partial charge in [-0.05, 0) is 171 Å². The van der Waals surface area contributed by atoms with Gasteiger partial charge in [0.25, 0.3) is 0 Å². The van der Waals surface area contributed by atoms with Gasteiger partial charge in [-0.2, -0.15) is 0 Å². The first-order chi connectivity index (χ1) is 31.6. The second-order valence-electron chi connectivity index (χ2n) is 20.5. The minimum Gasteiger partial charge on any atom is -0.507 e. The first kappa shape index (κ1) is 52.8. The van der Waals surface area contributed by atoms with Crippen molar-refractivity contribution in [3.05, 3.63) is 115 Å². The fourth-order valence-corrected chi connectivity index (χ4v) is 7.50. The third-order valence-corrected chi connectivity index (χ3v) is 12.1. The van der Waals surface area contributed by atoms with E-state index in [4.69, 9.17) is 18.9 Å². The number of carboxylic acids is 4. The van der Waals surface area contributed by atoms with E-state index in [2.05, 4.69) is 0 Å². The lowest BCUT2D eigenvalue weighted by molar-refractivity contribution is -0.151. The zero-order valence-corrected chi connectivity index (χ0v) is 39.9. The van der Waals surface area contributed by atoms with Gasteiger partial charge < -0.3 is 59.8 Å². The highest BCUT2D eigenvalue weighted by molar-refractivity contribution is 5.75. The average Bonchev–Trinajstić information content (AvgIpc) is 3.23. The number of hydrogen-bond donors (Lipinski definition) is 8. The highest BCUT2D eigenvalue weighted by Crippen LogP contribution is 2.40. The first-order valence-electron chi connectivity index (χ1n) is 22.2. The zero-order valence-electron chi connectivity index (χ0n) is 39.9. The van der Waals surface area contributed by atoms with E-state index < -0.39 is 45.5 Å². The Hall–Kier alpha value is -6.20. The molecule has 0 heterocycles. The Bertz CT molecular complexity index is 2110. The quantitative estimate of drug-likeness (QED) is 0.0371. The van der Waals surface area contributed by atoms with Crippen LogP contribution in [-0.4, -0.2) is 91.2 Å². The van der Waals surface area contributed by atoms with Crippen molar-refractivity contribution >= 4 is 23.9 Å². The van der Waals surface area contributed by atoms with Crippen LogP contribution in [0.2, 0.25) is 0 Å². The number of hydrogen-bond acceptors (Lipinski definition) is 12. The number of rotatable bonds is 20. The van der Waals surface area contributed by atoms with Crippen LogP contribution in [0.5, 0.6) is 23.0 Å². The molecule has 0 aromatic heterocycles. The van der Waals surface area contributed by atoms with E-state index in [9.17, 15) is 60.0 Å². The van der Waals surface area contributed by atoms with Crippen LogP contribution in [0, 0.1) is 21.7 Å². The summed E-state index contributed by atoms with van der Waals surface area (Å²) in [4.78, 5) is 47.5. The molecule has 0 aliphatic heterocycles. The summed E-state index contributed by atoms with van der Waals surface area (Å²) in [5.74, 6) is -4.81. The minimum atomic E-state index is -1.21. The average molecular weight is 945 g/mol. The maximum atomic E-state index is 12.1. The van der Waals surface area contributed by atoms with Gasteiger partial charge >= 0.3 is 23.9 Å². The number of fused-ring (bicyclic) bond motifs is 8. The molecule has 368 valence electrons. The van der Waals surface area contributed by atoms with Gasteiger partial charge in [-0.1, -0.05) is 0 Å². The number of aliphatic carboxylic acids is 4. The Balaban J connectivity index is 1.72. The standard InChI is InChI=1S/C52H64O16/c1-49(2,45(57)58)25-65-21-29-9-33-17-35-11-30(22-66-26-50(3,4)46(59)60)13-37(42(35)54)19-39-15-32(24-68-28-52(7,8)48(63)64)16-40(44(39)56)20-38-14-31(23-67-27-51(5,6)47(61)62)12-36(43(38)55)18-34(10-29)41(33)53/h9-16,53-56H,17-28H2,1-8H3,(H,57,58)(H,59,60)(H,61,62)(H,63,64). The van der Waals surface area contributed by atoms with Gasteiger partial charge in [0.05, 0.1) is 74.5 Å². The molecule has 0 saturated heterocycles. The van der Waals surface area contributed by atoms with Crippen LogP contribution in [0.1, 0.15) is 122 Å². The number of ether oxygens (including phenoxy) is 4. The second-order valence-corrected chi connectivity index (χ2v) is 20.5. The molecule has 0 atom stereocenters. The maximum absolute atomic E-state index is 12.1. The monoisotopic (exact) mass is 944 g/mol. The second kappa shape index (κ2) is 21.0. The molecular weight excluding hydrogens is 881 g/mol. The molecule has 0 saturated carbocycles. The van der Waals surface area contributed by atoms with E-state index in [-0.39, 0.29) is 102 Å². The van der Waals surface area contributed by atoms with E-state index in [0.29, 0.717) is 66.8 Å². The molecule has 68 heavy (non-hydrogen) atoms. The summed E-state index contributed by atoms with van der Waals surface area (Å²) in [5, 5.41) is 87.1. The van der Waals surface area contributed by atoms with Crippen molar-refractivity contribution in [2.45, 2.75) is 108 Å². The summed E-state index contributed by atoms with van der Waals surface area (Å²) in [6.45, 7) is 11.5. The third-order valence-electron chi connectivity index (χ3n) is 12.1. The molecule has 5 rings (SSSR count). The molecule has 16 nitrogen and oxygen atoms in total. The number of carbonyl (C=O) groups is 4. The van der Waals surface area contributed by atoms with E-state index in [1.165, 1.54) is 55.4 Å². The van der Waals surface area contributed by atoms with Crippen molar-refractivity contribution in [2.75, 3.05) is 26.4 Å². The summed E-state index contributed by atoms with van der Waals surface area (Å²) >= 11 is 0. The molecule has 0 spiro atoms. The largest absolute Gasteiger partial charge is 0.507 e. The van der Waals surface area contributed by atoms with Crippen molar-refractivity contribution < 1.29 is 79.0 Å². The number of aromatic hydroxyl groups is 4. The van der Waals surface area contributed by atoms with Gasteiger partial charge in [0.1, 0.15) is 23.0 Å². The van der Waals surface area contributed by atoms with Gasteiger partial charge in [0, 0.05) is 25.7 Å². The van der Waals surface area contributed by atoms with E-state index in [1.54, 1.807) is 48.5 Å². The van der Waals surface area contributed by atoms with Crippen molar-refractivity contribution in [1.29, 1.82) is 0 Å². The molecule has 0 unspecified atom stereocenters. The Morgan fingerprint density at radius 3 is 0.632 bits per heavy atom. The zero-order chi connectivity index (χ0) is 50.5. The Kier molecular flexibility index (Phi) is 16.3. The fourth-order valence-electron chi connectivity index (χ4n) is 7.50. The molecule has 0 amide bonds. The van der Waals surface area contributed by atoms with Crippen LogP contribution in [0.15, 0.2) is 48.5 Å². The normalized spacial score (nSPS) is 13.3. The Morgan fingerprint density at radius 1 is 0.353 bits per heavy atom. The summed E-state index contributed by atoms with van der Waals surface area (Å²) < 4.78 is 23.7. The van der Waals surface area contributed by atoms with Crippen LogP contribution >= 0.6 is 0 Å². The van der Waals surface area contributed by atoms with Crippen LogP contribution in [0.25, 0.3) is 0 Å². The summed E-state index contributed by atoms with van der Waals surface area (Å²) in [5.41, 5.74) is 0.179. The van der Waals surface area contributed by atoms with Crippen molar-refractivity contribution in [3.8, 4) is 23.0 Å². The minimum absolute atomic E-state index is 0.0558. The lowest BCUT2D eigenvalue weighted by Crippen LogP contribution is -2.29. The summed E-state index contributed by atoms with van der Waals surface area (Å²) in [7, 11) is 0. The highest BCUT2D eigenvalue weighted by atomic mass is 16.5. The molecule has 16 heteroatoms. The molecule has 0 fully saturated rings. The van der Waals surface area contributed by atoms with E-state index in [1.807, 2.05) is 0 Å². The van der Waals surface area contributed by atoms with Crippen molar-refractivity contribution in [1.82, 2.24) is 0 Å². The van der Waals surface area contributed by atoms with Crippen LogP contribution in [-0.2, 0) is 90.2 Å². The molecule has 0 radical (unpaired) electrons. The Morgan fingerprint density at radius 2 is 0.500 bits per heavy atom. The van der Waals surface area contributed by atoms with Gasteiger partial charge in [0.2, 0.25) is 0 Å². The number of benzene rings is 4. The number of phenols is 4. The topological polar surface area (TPSA) is 267 Å². The SMILES string of the molecule is CC(C)(COCc1cc2c(O)c(c1)Cc1cc(COCC(C)(C)C(=O)O)cc(c1O)Cc1cc(COCC(C)(C)C(=O)O)cc(c1O)Cc1cc(COCC(C)(C)C(=O)O)cc(c1O)C2)C(=O)O. The highest BCUT2D eigenvalue weighted by Gasteiger charge is 2.31. The van der Waals surface area contributed by atoms with Gasteiger partial charge in [-0.15, -0.1) is 0 Å². The molecule has 1 aliphatic rings. The van der Waals surface area contributed by atoms with Gasteiger partial charge in [0.15, 0.2) is 0 Å². The number of phenolic OH excluding ortho intramolecular Hbond substituents is 4. The summed E-state index contributed by atoms with van der Waals surface area (Å²) in [6, 6.07) is 13.4. The predicted molar refractivity (Wildman–Crippen MR) is 248 cm³/mol. The molecule has 4 aromatic carbocycles. The van der Waals surface area contributed by atoms with Crippen molar-refractivity contribution in [2.24, 2.45) is 21.7 Å². The van der Waals surface area contributed by atoms with Gasteiger partial charge in [-0.25, -0.2) is 0 Å². The number of carboxylic acid groups (broad SMARTS) is 4.